The van der Waals surface area contributed by atoms with Crippen LogP contribution < -0.4 is 11.1 Å². The zero-order chi connectivity index (χ0) is 13.4. The molecule has 1 amide bonds. The van der Waals surface area contributed by atoms with Crippen molar-refractivity contribution < 1.29 is 9.53 Å². The van der Waals surface area contributed by atoms with Crippen molar-refractivity contribution in [2.45, 2.75) is 52.0 Å². The second-order valence-electron chi connectivity index (χ2n) is 5.70. The first-order valence-electron chi connectivity index (χ1n) is 7.22. The normalized spacial score (nSPS) is 23.6. The molecule has 0 aliphatic carbocycles. The summed E-state index contributed by atoms with van der Waals surface area (Å²) >= 11 is 0. The fraction of sp³-hybridized carbons (Fsp3) is 0.929. The Morgan fingerprint density at radius 3 is 2.61 bits per heavy atom. The summed E-state index contributed by atoms with van der Waals surface area (Å²) in [5.74, 6) is 0.710. The van der Waals surface area contributed by atoms with Crippen molar-refractivity contribution in [3.8, 4) is 0 Å². The van der Waals surface area contributed by atoms with Crippen LogP contribution in [0, 0.1) is 11.8 Å². The Labute approximate surface area is 111 Å². The standard InChI is InChI=1S/C14H28N2O2/c1-11(2)7-5-3-4-6-8-16-14(17)12-9-18-10-13(12)15/h11-13H,3-10,15H2,1-2H3,(H,16,17). The van der Waals surface area contributed by atoms with E-state index >= 15 is 0 Å². The Morgan fingerprint density at radius 1 is 1.28 bits per heavy atom. The number of carbonyl (C=O) groups is 1. The molecule has 0 radical (unpaired) electrons. The van der Waals surface area contributed by atoms with Gasteiger partial charge >= 0.3 is 0 Å². The van der Waals surface area contributed by atoms with Gasteiger partial charge in [-0.25, -0.2) is 0 Å². The molecular formula is C14H28N2O2. The molecule has 2 unspecified atom stereocenters. The van der Waals surface area contributed by atoms with E-state index in [4.69, 9.17) is 10.5 Å². The fourth-order valence-electron chi connectivity index (χ4n) is 2.21. The van der Waals surface area contributed by atoms with Gasteiger partial charge < -0.3 is 15.8 Å². The Morgan fingerprint density at radius 2 is 2.00 bits per heavy atom. The van der Waals surface area contributed by atoms with Gasteiger partial charge in [-0.05, 0) is 12.3 Å². The molecule has 0 aromatic rings. The number of carbonyl (C=O) groups excluding carboxylic acids is 1. The Kier molecular flexibility index (Phi) is 7.28. The van der Waals surface area contributed by atoms with Gasteiger partial charge in [0.1, 0.15) is 0 Å². The fourth-order valence-corrected chi connectivity index (χ4v) is 2.21. The molecule has 0 spiro atoms. The number of hydrogen-bond donors (Lipinski definition) is 2. The number of ether oxygens (including phenoxy) is 1. The number of rotatable bonds is 8. The van der Waals surface area contributed by atoms with Crippen LogP contribution in [0.2, 0.25) is 0 Å². The van der Waals surface area contributed by atoms with Crippen LogP contribution in [0.4, 0.5) is 0 Å². The van der Waals surface area contributed by atoms with E-state index < -0.39 is 0 Å². The van der Waals surface area contributed by atoms with Crippen LogP contribution in [0.3, 0.4) is 0 Å². The number of hydrogen-bond acceptors (Lipinski definition) is 3. The molecule has 4 heteroatoms. The summed E-state index contributed by atoms with van der Waals surface area (Å²) in [7, 11) is 0. The van der Waals surface area contributed by atoms with Crippen molar-refractivity contribution in [1.29, 1.82) is 0 Å². The van der Waals surface area contributed by atoms with Crippen molar-refractivity contribution in [3.63, 3.8) is 0 Å². The topological polar surface area (TPSA) is 64.3 Å². The lowest BCUT2D eigenvalue weighted by Gasteiger charge is -2.13. The van der Waals surface area contributed by atoms with E-state index in [1.54, 1.807) is 0 Å². The first kappa shape index (κ1) is 15.4. The zero-order valence-corrected chi connectivity index (χ0v) is 11.8. The van der Waals surface area contributed by atoms with Gasteiger partial charge in [0.05, 0.1) is 19.1 Å². The monoisotopic (exact) mass is 256 g/mol. The predicted octanol–water partition coefficient (Wildman–Crippen LogP) is 1.68. The molecule has 0 aromatic carbocycles. The SMILES string of the molecule is CC(C)CCCCCCNC(=O)C1COCC1N. The largest absolute Gasteiger partial charge is 0.379 e. The highest BCUT2D eigenvalue weighted by molar-refractivity contribution is 5.79. The summed E-state index contributed by atoms with van der Waals surface area (Å²) in [6.07, 6.45) is 6.13. The zero-order valence-electron chi connectivity index (χ0n) is 11.8. The number of nitrogens with two attached hydrogens (primary N) is 1. The second kappa shape index (κ2) is 8.48. The quantitative estimate of drug-likeness (QED) is 0.649. The maximum atomic E-state index is 11.8. The van der Waals surface area contributed by atoms with Gasteiger partial charge in [0.15, 0.2) is 0 Å². The van der Waals surface area contributed by atoms with E-state index in [1.807, 2.05) is 0 Å². The number of nitrogens with one attached hydrogen (secondary N) is 1. The molecule has 0 aromatic heterocycles. The summed E-state index contributed by atoms with van der Waals surface area (Å²) in [6, 6.07) is -0.129. The van der Waals surface area contributed by atoms with Gasteiger partial charge in [-0.3, -0.25) is 4.79 Å². The molecule has 1 saturated heterocycles. The van der Waals surface area contributed by atoms with Crippen LogP contribution in [-0.4, -0.2) is 31.7 Å². The molecule has 0 bridgehead atoms. The molecule has 1 fully saturated rings. The maximum Gasteiger partial charge on any atom is 0.227 e. The average Bonchev–Trinajstić information content (AvgIpc) is 2.73. The molecule has 106 valence electrons. The first-order valence-corrected chi connectivity index (χ1v) is 7.22. The minimum absolute atomic E-state index is 0.0576. The molecule has 1 aliphatic rings. The molecule has 1 aliphatic heterocycles. The number of unbranched alkanes of at least 4 members (excludes halogenated alkanes) is 3. The van der Waals surface area contributed by atoms with Crippen LogP contribution >= 0.6 is 0 Å². The Hall–Kier alpha value is -0.610. The maximum absolute atomic E-state index is 11.8. The summed E-state index contributed by atoms with van der Waals surface area (Å²) in [5, 5.41) is 2.96. The predicted molar refractivity (Wildman–Crippen MR) is 73.2 cm³/mol. The third-order valence-corrected chi connectivity index (χ3v) is 3.47. The van der Waals surface area contributed by atoms with Crippen LogP contribution in [0.15, 0.2) is 0 Å². The van der Waals surface area contributed by atoms with Gasteiger partial charge in [0.2, 0.25) is 5.91 Å². The molecule has 3 N–H and O–H groups in total. The molecule has 1 rings (SSSR count). The smallest absolute Gasteiger partial charge is 0.227 e. The van der Waals surface area contributed by atoms with Crippen molar-refractivity contribution in [2.24, 2.45) is 17.6 Å². The van der Waals surface area contributed by atoms with Gasteiger partial charge in [-0.1, -0.05) is 39.5 Å². The third-order valence-electron chi connectivity index (χ3n) is 3.47. The van der Waals surface area contributed by atoms with Gasteiger partial charge in [-0.15, -0.1) is 0 Å². The van der Waals surface area contributed by atoms with Gasteiger partial charge in [-0.2, -0.15) is 0 Å². The van der Waals surface area contributed by atoms with E-state index in [0.29, 0.717) is 13.2 Å². The lowest BCUT2D eigenvalue weighted by atomic mass is 10.0. The van der Waals surface area contributed by atoms with Crippen molar-refractivity contribution >= 4 is 5.91 Å². The first-order chi connectivity index (χ1) is 8.61. The molecule has 18 heavy (non-hydrogen) atoms. The van der Waals surface area contributed by atoms with Crippen molar-refractivity contribution in [3.05, 3.63) is 0 Å². The third kappa shape index (κ3) is 5.83. The highest BCUT2D eigenvalue weighted by Gasteiger charge is 2.30. The van der Waals surface area contributed by atoms with E-state index in [1.165, 1.54) is 25.7 Å². The summed E-state index contributed by atoms with van der Waals surface area (Å²) in [4.78, 5) is 11.8. The average molecular weight is 256 g/mol. The molecule has 1 heterocycles. The van der Waals surface area contributed by atoms with E-state index in [-0.39, 0.29) is 17.9 Å². The van der Waals surface area contributed by atoms with Gasteiger partial charge in [0.25, 0.3) is 0 Å². The van der Waals surface area contributed by atoms with Gasteiger partial charge in [0, 0.05) is 12.6 Å². The van der Waals surface area contributed by atoms with Crippen LogP contribution in [0.25, 0.3) is 0 Å². The van der Waals surface area contributed by atoms with Crippen LogP contribution in [0.5, 0.6) is 0 Å². The Bertz CT molecular complexity index is 244. The van der Waals surface area contributed by atoms with E-state index in [2.05, 4.69) is 19.2 Å². The van der Waals surface area contributed by atoms with Crippen molar-refractivity contribution in [2.75, 3.05) is 19.8 Å². The number of amides is 1. The minimum atomic E-state index is -0.147. The minimum Gasteiger partial charge on any atom is -0.379 e. The molecular weight excluding hydrogens is 228 g/mol. The summed E-state index contributed by atoms with van der Waals surface area (Å²) in [5.41, 5.74) is 5.79. The van der Waals surface area contributed by atoms with E-state index in [9.17, 15) is 4.79 Å². The molecule has 4 nitrogen and oxygen atoms in total. The lowest BCUT2D eigenvalue weighted by molar-refractivity contribution is -0.125. The summed E-state index contributed by atoms with van der Waals surface area (Å²) in [6.45, 7) is 6.26. The van der Waals surface area contributed by atoms with Crippen LogP contribution in [-0.2, 0) is 9.53 Å². The van der Waals surface area contributed by atoms with Crippen molar-refractivity contribution in [1.82, 2.24) is 5.32 Å². The lowest BCUT2D eigenvalue weighted by Crippen LogP contribution is -2.41. The highest BCUT2D eigenvalue weighted by atomic mass is 16.5. The molecule has 2 atom stereocenters. The highest BCUT2D eigenvalue weighted by Crippen LogP contribution is 2.12. The van der Waals surface area contributed by atoms with E-state index in [0.717, 1.165) is 18.9 Å². The van der Waals surface area contributed by atoms with Crippen LogP contribution in [0.1, 0.15) is 46.0 Å². The Balaban J connectivity index is 1.96. The second-order valence-corrected chi connectivity index (χ2v) is 5.70. The molecule has 0 saturated carbocycles. The summed E-state index contributed by atoms with van der Waals surface area (Å²) < 4.78 is 5.19.